The molecule has 0 aliphatic heterocycles. The molecule has 0 saturated carbocycles. The first kappa shape index (κ1) is 16.3. The Balaban J connectivity index is 2.54. The number of nitrogens with zero attached hydrogens (tertiary/aromatic N) is 1. The summed E-state index contributed by atoms with van der Waals surface area (Å²) in [5.74, 6) is 0.866. The second-order valence-corrected chi connectivity index (χ2v) is 5.78. The van der Waals surface area contributed by atoms with Gasteiger partial charge in [-0.2, -0.15) is 0 Å². The molecule has 1 aromatic rings. The number of anilines is 1. The Morgan fingerprint density at radius 1 is 1.40 bits per heavy atom. The monoisotopic (exact) mass is 279 g/mol. The predicted molar refractivity (Wildman–Crippen MR) is 80.8 cm³/mol. The molecule has 5 heteroatoms. The van der Waals surface area contributed by atoms with Gasteiger partial charge in [-0.05, 0) is 51.3 Å². The molecule has 0 saturated heterocycles. The number of carbonyl (C=O) groups excluding carboxylic acids is 1. The third kappa shape index (κ3) is 5.91. The topological polar surface area (TPSA) is 63.2 Å². The smallest absolute Gasteiger partial charge is 0.407 e. The summed E-state index contributed by atoms with van der Waals surface area (Å²) in [6.07, 6.45) is 2.43. The molecular formula is C15H25N3O2. The number of aromatic nitrogens is 1. The van der Waals surface area contributed by atoms with E-state index in [1.807, 2.05) is 33.8 Å². The van der Waals surface area contributed by atoms with E-state index in [9.17, 15) is 4.79 Å². The second kappa shape index (κ2) is 7.12. The van der Waals surface area contributed by atoms with Crippen molar-refractivity contribution in [2.24, 2.45) is 0 Å². The van der Waals surface area contributed by atoms with Crippen LogP contribution in [-0.2, 0) is 11.3 Å². The number of amides is 1. The summed E-state index contributed by atoms with van der Waals surface area (Å²) < 4.78 is 5.19. The molecule has 1 aromatic heterocycles. The molecule has 0 aliphatic rings. The van der Waals surface area contributed by atoms with Gasteiger partial charge >= 0.3 is 6.09 Å². The van der Waals surface area contributed by atoms with E-state index in [2.05, 4.69) is 22.5 Å². The Labute approximate surface area is 121 Å². The van der Waals surface area contributed by atoms with E-state index in [1.165, 1.54) is 0 Å². The van der Waals surface area contributed by atoms with Crippen LogP contribution < -0.4 is 10.6 Å². The summed E-state index contributed by atoms with van der Waals surface area (Å²) in [7, 11) is 0. The van der Waals surface area contributed by atoms with Crippen LogP contribution >= 0.6 is 0 Å². The van der Waals surface area contributed by atoms with Crippen LogP contribution in [0.3, 0.4) is 0 Å². The van der Waals surface area contributed by atoms with Gasteiger partial charge in [0.25, 0.3) is 0 Å². The maximum Gasteiger partial charge on any atom is 0.407 e. The zero-order valence-corrected chi connectivity index (χ0v) is 13.0. The van der Waals surface area contributed by atoms with Crippen LogP contribution in [0.2, 0.25) is 0 Å². The van der Waals surface area contributed by atoms with Gasteiger partial charge in [0.1, 0.15) is 11.4 Å². The molecule has 112 valence electrons. The van der Waals surface area contributed by atoms with Gasteiger partial charge in [-0.3, -0.25) is 0 Å². The average molecular weight is 279 g/mol. The molecule has 0 bridgehead atoms. The molecule has 0 aromatic carbocycles. The van der Waals surface area contributed by atoms with Crippen LogP contribution in [0.4, 0.5) is 10.6 Å². The van der Waals surface area contributed by atoms with Crippen LogP contribution in [-0.4, -0.2) is 23.2 Å². The van der Waals surface area contributed by atoms with E-state index in [1.54, 1.807) is 6.20 Å². The highest BCUT2D eigenvalue weighted by Crippen LogP contribution is 2.12. The Morgan fingerprint density at radius 3 is 2.65 bits per heavy atom. The molecule has 1 rings (SSSR count). The van der Waals surface area contributed by atoms with E-state index in [4.69, 9.17) is 4.74 Å². The van der Waals surface area contributed by atoms with Crippen molar-refractivity contribution in [1.82, 2.24) is 10.3 Å². The van der Waals surface area contributed by atoms with E-state index in [0.29, 0.717) is 6.54 Å². The number of pyridine rings is 1. The van der Waals surface area contributed by atoms with Crippen LogP contribution in [0.5, 0.6) is 0 Å². The highest BCUT2D eigenvalue weighted by molar-refractivity contribution is 5.67. The molecule has 0 fully saturated rings. The van der Waals surface area contributed by atoms with E-state index in [0.717, 1.165) is 29.9 Å². The molecule has 0 atom stereocenters. The minimum absolute atomic E-state index is 0.412. The number of ether oxygens (including phenoxy) is 1. The lowest BCUT2D eigenvalue weighted by Gasteiger charge is -2.20. The van der Waals surface area contributed by atoms with Crippen molar-refractivity contribution < 1.29 is 9.53 Å². The lowest BCUT2D eigenvalue weighted by molar-refractivity contribution is 0.0523. The number of nitrogens with one attached hydrogen (secondary N) is 2. The lowest BCUT2D eigenvalue weighted by Crippen LogP contribution is -2.32. The van der Waals surface area contributed by atoms with Gasteiger partial charge in [0, 0.05) is 19.3 Å². The first-order valence-corrected chi connectivity index (χ1v) is 6.98. The standard InChI is InChI=1S/C15H25N3O2/c1-6-7-16-13-8-11(2)12(9-17-13)10-18-14(19)20-15(3,4)5/h8-9H,6-7,10H2,1-5H3,(H,16,17)(H,18,19). The van der Waals surface area contributed by atoms with Gasteiger partial charge in [0.2, 0.25) is 0 Å². The summed E-state index contributed by atoms with van der Waals surface area (Å²) in [4.78, 5) is 15.9. The number of rotatable bonds is 5. The first-order chi connectivity index (χ1) is 9.31. The van der Waals surface area contributed by atoms with Crippen LogP contribution in [0.15, 0.2) is 12.3 Å². The van der Waals surface area contributed by atoms with Crippen molar-refractivity contribution in [2.45, 2.75) is 53.2 Å². The fourth-order valence-electron chi connectivity index (χ4n) is 1.60. The van der Waals surface area contributed by atoms with Crippen LogP contribution in [0.1, 0.15) is 45.2 Å². The second-order valence-electron chi connectivity index (χ2n) is 5.78. The van der Waals surface area contributed by atoms with Crippen molar-refractivity contribution >= 4 is 11.9 Å². The maximum atomic E-state index is 11.6. The third-order valence-electron chi connectivity index (χ3n) is 2.60. The van der Waals surface area contributed by atoms with Crippen LogP contribution in [0.25, 0.3) is 0 Å². The van der Waals surface area contributed by atoms with Gasteiger partial charge < -0.3 is 15.4 Å². The Bertz CT molecular complexity index is 453. The summed E-state index contributed by atoms with van der Waals surface area (Å²) in [6.45, 7) is 11.0. The molecule has 0 unspecified atom stereocenters. The van der Waals surface area contributed by atoms with Crippen molar-refractivity contribution in [3.63, 3.8) is 0 Å². The largest absolute Gasteiger partial charge is 0.444 e. The van der Waals surface area contributed by atoms with Gasteiger partial charge in [-0.25, -0.2) is 9.78 Å². The highest BCUT2D eigenvalue weighted by atomic mass is 16.6. The highest BCUT2D eigenvalue weighted by Gasteiger charge is 2.15. The minimum atomic E-state index is -0.481. The summed E-state index contributed by atoms with van der Waals surface area (Å²) in [5, 5.41) is 5.97. The molecule has 1 heterocycles. The van der Waals surface area contributed by atoms with E-state index in [-0.39, 0.29) is 0 Å². The van der Waals surface area contributed by atoms with Gasteiger partial charge in [0.05, 0.1) is 0 Å². The van der Waals surface area contributed by atoms with Crippen molar-refractivity contribution in [3.05, 3.63) is 23.4 Å². The van der Waals surface area contributed by atoms with Crippen molar-refractivity contribution in [2.75, 3.05) is 11.9 Å². The molecule has 2 N–H and O–H groups in total. The fourth-order valence-corrected chi connectivity index (χ4v) is 1.60. The molecule has 0 spiro atoms. The summed E-state index contributed by atoms with van der Waals surface area (Å²) in [5.41, 5.74) is 1.60. The van der Waals surface area contributed by atoms with Crippen molar-refractivity contribution in [3.8, 4) is 0 Å². The summed E-state index contributed by atoms with van der Waals surface area (Å²) in [6, 6.07) is 1.99. The first-order valence-electron chi connectivity index (χ1n) is 6.98. The molecule has 1 amide bonds. The molecule has 0 aliphatic carbocycles. The SMILES string of the molecule is CCCNc1cc(C)c(CNC(=O)OC(C)(C)C)cn1. The number of hydrogen-bond donors (Lipinski definition) is 2. The Morgan fingerprint density at radius 2 is 2.10 bits per heavy atom. The molecule has 20 heavy (non-hydrogen) atoms. The van der Waals surface area contributed by atoms with Crippen LogP contribution in [0, 0.1) is 6.92 Å². The predicted octanol–water partition coefficient (Wildman–Crippen LogP) is 3.24. The average Bonchev–Trinajstić information content (AvgIpc) is 2.33. The zero-order valence-electron chi connectivity index (χ0n) is 13.0. The van der Waals surface area contributed by atoms with E-state index >= 15 is 0 Å². The fraction of sp³-hybridized carbons (Fsp3) is 0.600. The number of carbonyl (C=O) groups is 1. The quantitative estimate of drug-likeness (QED) is 0.868. The van der Waals surface area contributed by atoms with Gasteiger partial charge in [-0.15, -0.1) is 0 Å². The maximum absolute atomic E-state index is 11.6. The normalized spacial score (nSPS) is 11.1. The minimum Gasteiger partial charge on any atom is -0.444 e. The molecular weight excluding hydrogens is 254 g/mol. The number of aryl methyl sites for hydroxylation is 1. The van der Waals surface area contributed by atoms with Crippen molar-refractivity contribution in [1.29, 1.82) is 0 Å². The van der Waals surface area contributed by atoms with Gasteiger partial charge in [-0.1, -0.05) is 6.92 Å². The number of hydrogen-bond acceptors (Lipinski definition) is 4. The van der Waals surface area contributed by atoms with Gasteiger partial charge in [0.15, 0.2) is 0 Å². The third-order valence-corrected chi connectivity index (χ3v) is 2.60. The lowest BCUT2D eigenvalue weighted by atomic mass is 10.1. The Hall–Kier alpha value is -1.78. The molecule has 5 nitrogen and oxygen atoms in total. The number of alkyl carbamates (subject to hydrolysis) is 1. The molecule has 0 radical (unpaired) electrons. The van der Waals surface area contributed by atoms with E-state index < -0.39 is 11.7 Å². The zero-order chi connectivity index (χ0) is 15.2. The summed E-state index contributed by atoms with van der Waals surface area (Å²) >= 11 is 0. The Kier molecular flexibility index (Phi) is 5.80.